The predicted molar refractivity (Wildman–Crippen MR) is 52.3 cm³/mol. The Balaban J connectivity index is 3.05. The summed E-state index contributed by atoms with van der Waals surface area (Å²) in [4.78, 5) is 11.0. The number of carbonyl (C=O) groups is 1. The third kappa shape index (κ3) is 2.56. The van der Waals surface area contributed by atoms with Crippen molar-refractivity contribution in [2.45, 2.75) is 0 Å². The van der Waals surface area contributed by atoms with Gasteiger partial charge in [0.2, 0.25) is 0 Å². The smallest absolute Gasteiger partial charge is 0.356 e. The Bertz CT molecular complexity index is 473. The molecule has 0 spiro atoms. The third-order valence-electron chi connectivity index (χ3n) is 1.72. The number of esters is 1. The van der Waals surface area contributed by atoms with E-state index in [1.807, 2.05) is 0 Å². The summed E-state index contributed by atoms with van der Waals surface area (Å²) >= 11 is 0. The van der Waals surface area contributed by atoms with Crippen LogP contribution < -0.4 is 0 Å². The van der Waals surface area contributed by atoms with Crippen LogP contribution in [0.4, 0.5) is 0 Å². The molecule has 0 aliphatic heterocycles. The first kappa shape index (κ1) is 10.8. The number of carbonyl (C=O) groups excluding carboxylic acids is 1. The second-order valence-electron chi connectivity index (χ2n) is 2.65. The molecule has 0 bridgehead atoms. The summed E-state index contributed by atoms with van der Waals surface area (Å²) in [5.41, 5.74) is 3.13. The first-order valence-electron chi connectivity index (χ1n) is 4.12. The average Bonchev–Trinajstić information content (AvgIpc) is 2.65. The van der Waals surface area contributed by atoms with E-state index in [1.54, 1.807) is 30.1 Å². The second-order valence-corrected chi connectivity index (χ2v) is 2.65. The monoisotopic (exact) mass is 203 g/mol. The Morgan fingerprint density at radius 2 is 2.47 bits per heavy atom. The lowest BCUT2D eigenvalue weighted by molar-refractivity contribution is -0.135. The molecule has 1 rings (SSSR count). The van der Waals surface area contributed by atoms with Crippen LogP contribution in [0.2, 0.25) is 0 Å². The lowest BCUT2D eigenvalue weighted by atomic mass is 10.3. The normalized spacial score (nSPS) is 8.60. The standard InChI is InChI=1S/C10H9N3O2/c1-13-9(5-6-12-13)4-3-8(7-11)10(14)15-2/h4-6H,1-2H3. The van der Waals surface area contributed by atoms with Crippen LogP contribution in [0.25, 0.3) is 6.08 Å². The van der Waals surface area contributed by atoms with E-state index in [4.69, 9.17) is 5.26 Å². The summed E-state index contributed by atoms with van der Waals surface area (Å²) in [6.07, 6.45) is 3.11. The highest BCUT2D eigenvalue weighted by Crippen LogP contribution is 2.00. The summed E-state index contributed by atoms with van der Waals surface area (Å²) in [5, 5.41) is 12.6. The zero-order chi connectivity index (χ0) is 11.3. The highest BCUT2D eigenvalue weighted by atomic mass is 16.5. The van der Waals surface area contributed by atoms with Gasteiger partial charge in [-0.05, 0) is 6.07 Å². The van der Waals surface area contributed by atoms with Crippen molar-refractivity contribution >= 4 is 12.0 Å². The molecule has 5 nitrogen and oxygen atoms in total. The maximum Gasteiger partial charge on any atom is 0.356 e. The van der Waals surface area contributed by atoms with Crippen molar-refractivity contribution in [3.63, 3.8) is 0 Å². The van der Waals surface area contributed by atoms with Gasteiger partial charge in [0.15, 0.2) is 5.57 Å². The quantitative estimate of drug-likeness (QED) is 0.306. The summed E-state index contributed by atoms with van der Waals surface area (Å²) in [6, 6.07) is 3.44. The minimum Gasteiger partial charge on any atom is -0.464 e. The third-order valence-corrected chi connectivity index (χ3v) is 1.72. The van der Waals surface area contributed by atoms with E-state index < -0.39 is 5.97 Å². The first-order valence-corrected chi connectivity index (χ1v) is 4.12. The topological polar surface area (TPSA) is 67.9 Å². The maximum atomic E-state index is 11.0. The van der Waals surface area contributed by atoms with E-state index in [0.717, 1.165) is 5.69 Å². The number of aromatic nitrogens is 2. The van der Waals surface area contributed by atoms with Gasteiger partial charge in [-0.15, -0.1) is 0 Å². The van der Waals surface area contributed by atoms with Crippen molar-refractivity contribution in [1.82, 2.24) is 9.78 Å². The minimum absolute atomic E-state index is 0.168. The number of rotatable bonds is 2. The van der Waals surface area contributed by atoms with Gasteiger partial charge in [-0.2, -0.15) is 10.4 Å². The Hall–Kier alpha value is -2.31. The van der Waals surface area contributed by atoms with Gasteiger partial charge in [0.25, 0.3) is 0 Å². The van der Waals surface area contributed by atoms with E-state index in [1.165, 1.54) is 13.2 Å². The Morgan fingerprint density at radius 3 is 2.93 bits per heavy atom. The van der Waals surface area contributed by atoms with E-state index in [0.29, 0.717) is 0 Å². The van der Waals surface area contributed by atoms with Gasteiger partial charge < -0.3 is 4.74 Å². The molecule has 0 aliphatic carbocycles. The van der Waals surface area contributed by atoms with Gasteiger partial charge in [0.05, 0.1) is 12.8 Å². The Labute approximate surface area is 86.9 Å². The SMILES string of the molecule is COC(=O)C(=C=Cc1ccnn1C)C#N. The van der Waals surface area contributed by atoms with Crippen LogP contribution in [0.1, 0.15) is 5.69 Å². The predicted octanol–water partition coefficient (Wildman–Crippen LogP) is 0.655. The summed E-state index contributed by atoms with van der Waals surface area (Å²) in [5.74, 6) is -0.698. The van der Waals surface area contributed by atoms with Crippen molar-refractivity contribution in [3.05, 3.63) is 29.3 Å². The van der Waals surface area contributed by atoms with Crippen molar-refractivity contribution < 1.29 is 9.53 Å². The van der Waals surface area contributed by atoms with Gasteiger partial charge in [-0.1, -0.05) is 5.73 Å². The van der Waals surface area contributed by atoms with E-state index in [9.17, 15) is 4.79 Å². The van der Waals surface area contributed by atoms with Crippen LogP contribution in [0.15, 0.2) is 23.6 Å². The highest BCUT2D eigenvalue weighted by molar-refractivity contribution is 5.92. The molecule has 0 aromatic carbocycles. The summed E-state index contributed by atoms with van der Waals surface area (Å²) in [6.45, 7) is 0. The molecule has 0 aliphatic rings. The molecule has 1 aromatic heterocycles. The molecule has 0 saturated carbocycles. The van der Waals surface area contributed by atoms with Crippen molar-refractivity contribution in [3.8, 4) is 6.07 Å². The van der Waals surface area contributed by atoms with Crippen molar-refractivity contribution in [2.24, 2.45) is 7.05 Å². The maximum absolute atomic E-state index is 11.0. The van der Waals surface area contributed by atoms with Crippen LogP contribution in [0.5, 0.6) is 0 Å². The van der Waals surface area contributed by atoms with Gasteiger partial charge >= 0.3 is 5.97 Å². The van der Waals surface area contributed by atoms with Gasteiger partial charge in [0, 0.05) is 19.3 Å². The molecular formula is C10H9N3O2. The fourth-order valence-electron chi connectivity index (χ4n) is 0.911. The summed E-state index contributed by atoms with van der Waals surface area (Å²) in [7, 11) is 2.96. The summed E-state index contributed by atoms with van der Waals surface area (Å²) < 4.78 is 6.00. The average molecular weight is 203 g/mol. The second kappa shape index (κ2) is 4.80. The molecule has 1 aromatic rings. The van der Waals surface area contributed by atoms with Crippen LogP contribution in [-0.2, 0) is 16.6 Å². The van der Waals surface area contributed by atoms with E-state index in [2.05, 4.69) is 15.6 Å². The molecule has 0 saturated heterocycles. The number of methoxy groups -OCH3 is 1. The zero-order valence-corrected chi connectivity index (χ0v) is 8.39. The fraction of sp³-hybridized carbons (Fsp3) is 0.200. The largest absolute Gasteiger partial charge is 0.464 e. The number of nitrogens with zero attached hydrogens (tertiary/aromatic N) is 3. The van der Waals surface area contributed by atoms with Crippen LogP contribution >= 0.6 is 0 Å². The Kier molecular flexibility index (Phi) is 3.44. The molecule has 0 radical (unpaired) electrons. The Morgan fingerprint density at radius 1 is 1.73 bits per heavy atom. The lowest BCUT2D eigenvalue weighted by Gasteiger charge is -1.92. The van der Waals surface area contributed by atoms with Crippen LogP contribution in [0, 0.1) is 11.3 Å². The van der Waals surface area contributed by atoms with Crippen LogP contribution in [-0.4, -0.2) is 22.9 Å². The molecule has 1 heterocycles. The number of aryl methyl sites for hydroxylation is 1. The molecule has 76 valence electrons. The van der Waals surface area contributed by atoms with E-state index in [-0.39, 0.29) is 5.57 Å². The van der Waals surface area contributed by atoms with E-state index >= 15 is 0 Å². The molecule has 0 unspecified atom stereocenters. The molecule has 0 N–H and O–H groups in total. The van der Waals surface area contributed by atoms with Crippen molar-refractivity contribution in [2.75, 3.05) is 7.11 Å². The number of hydrogen-bond acceptors (Lipinski definition) is 4. The van der Waals surface area contributed by atoms with Crippen LogP contribution in [0.3, 0.4) is 0 Å². The minimum atomic E-state index is -0.698. The van der Waals surface area contributed by atoms with Gasteiger partial charge in [0.1, 0.15) is 6.07 Å². The molecule has 0 atom stereocenters. The molecular weight excluding hydrogens is 194 g/mol. The molecule has 5 heteroatoms. The number of nitriles is 1. The number of hydrogen-bond donors (Lipinski definition) is 0. The lowest BCUT2D eigenvalue weighted by Crippen LogP contribution is -2.01. The zero-order valence-electron chi connectivity index (χ0n) is 8.39. The molecule has 15 heavy (non-hydrogen) atoms. The van der Waals surface area contributed by atoms with Gasteiger partial charge in [-0.25, -0.2) is 4.79 Å². The number of ether oxygens (including phenoxy) is 1. The molecule has 0 amide bonds. The molecule has 0 fully saturated rings. The van der Waals surface area contributed by atoms with Crippen molar-refractivity contribution in [1.29, 1.82) is 5.26 Å². The highest BCUT2D eigenvalue weighted by Gasteiger charge is 2.06. The van der Waals surface area contributed by atoms with Gasteiger partial charge in [-0.3, -0.25) is 4.68 Å². The first-order chi connectivity index (χ1) is 7.19. The fourth-order valence-corrected chi connectivity index (χ4v) is 0.911.